The molecule has 344 valence electrons. The van der Waals surface area contributed by atoms with Crippen LogP contribution in [-0.2, 0) is 69.9 Å². The second kappa shape index (κ2) is 19.6. The molecule has 21 heteroatoms. The standard InChI is InChI=1S/C42H53N3O15S3/c1-6-43-34-14-12-30(62(52,53)54)27-32(34)41(3,20-8-26-61(49,50)51)36(43)16-10-29(2)11-17-37-42(4,21-23-59-25-24-58-5)33-28-31(63(55,56)57)13-15-35(33)44(37)22-7-9-40(48)60-45-38(46)18-19-39(45)47/h10-17,27-28H,6-9,18-26H2,1-5H3,(H2-,49,50,51,52,53,54,55,56,57)/p-2. The van der Waals surface area contributed by atoms with E-state index in [1.54, 1.807) is 19.1 Å². The predicted molar refractivity (Wildman–Crippen MR) is 225 cm³/mol. The topological polar surface area (TPSA) is 260 Å². The molecule has 0 bridgehead atoms. The van der Waals surface area contributed by atoms with Gasteiger partial charge in [0.2, 0.25) is 5.69 Å². The average Bonchev–Trinajstić information content (AvgIpc) is 3.73. The van der Waals surface area contributed by atoms with Gasteiger partial charge in [0.05, 0.1) is 45.0 Å². The van der Waals surface area contributed by atoms with Gasteiger partial charge in [-0.15, -0.1) is 5.06 Å². The highest BCUT2D eigenvalue weighted by Gasteiger charge is 2.48. The van der Waals surface area contributed by atoms with E-state index in [2.05, 4.69) is 0 Å². The van der Waals surface area contributed by atoms with Crippen LogP contribution < -0.4 is 4.90 Å². The van der Waals surface area contributed by atoms with Crippen molar-refractivity contribution in [1.82, 2.24) is 5.06 Å². The van der Waals surface area contributed by atoms with Crippen molar-refractivity contribution in [3.63, 3.8) is 0 Å². The molecule has 0 radical (unpaired) electrons. The number of imide groups is 1. The Morgan fingerprint density at radius 2 is 1.49 bits per heavy atom. The number of methoxy groups -OCH3 is 1. The van der Waals surface area contributed by atoms with E-state index in [1.165, 1.54) is 43.5 Å². The number of anilines is 1. The van der Waals surface area contributed by atoms with E-state index in [9.17, 15) is 53.3 Å². The lowest BCUT2D eigenvalue weighted by Gasteiger charge is -2.30. The van der Waals surface area contributed by atoms with Gasteiger partial charge >= 0.3 is 5.97 Å². The van der Waals surface area contributed by atoms with E-state index < -0.39 is 74.5 Å². The minimum absolute atomic E-state index is 0.0440. The molecule has 0 saturated carbocycles. The monoisotopic (exact) mass is 933 g/mol. The molecular weight excluding hydrogens is 883 g/mol. The number of hydrogen-bond acceptors (Lipinski definition) is 16. The molecule has 1 fully saturated rings. The molecule has 1 saturated heterocycles. The van der Waals surface area contributed by atoms with E-state index in [0.717, 1.165) is 0 Å². The first-order valence-corrected chi connectivity index (χ1v) is 24.6. The van der Waals surface area contributed by atoms with Crippen LogP contribution in [-0.4, -0.2) is 118 Å². The molecule has 0 spiro atoms. The van der Waals surface area contributed by atoms with Crippen LogP contribution in [0.4, 0.5) is 11.4 Å². The Balaban J connectivity index is 1.56. The SMILES string of the molecule is CCN1C(=CC=C(C)C=CC2=[N+](CCCC(=O)ON3C(=O)CCC3=O)c3ccc(S(=O)(=O)[O-])cc3C2(C)CCOCCOC)C(C)(CCCS(=O)(=O)[O-])c2cc(S(=O)(=O)[O-])ccc21. The summed E-state index contributed by atoms with van der Waals surface area (Å²) in [6.07, 6.45) is 7.51. The molecule has 0 N–H and O–H groups in total. The summed E-state index contributed by atoms with van der Waals surface area (Å²) in [6, 6.07) is 8.12. The van der Waals surface area contributed by atoms with E-state index >= 15 is 0 Å². The van der Waals surface area contributed by atoms with Gasteiger partial charge in [0.1, 0.15) is 26.8 Å². The van der Waals surface area contributed by atoms with E-state index in [1.807, 2.05) is 42.4 Å². The van der Waals surface area contributed by atoms with Crippen molar-refractivity contribution in [2.45, 2.75) is 93.3 Å². The number of hydrogen-bond donors (Lipinski definition) is 0. The number of benzene rings is 2. The molecule has 5 rings (SSSR count). The molecule has 2 unspecified atom stereocenters. The lowest BCUT2D eigenvalue weighted by molar-refractivity contribution is -0.438. The number of ether oxygens (including phenoxy) is 2. The second-order valence-corrected chi connectivity index (χ2v) is 20.2. The largest absolute Gasteiger partial charge is 0.748 e. The third-order valence-electron chi connectivity index (χ3n) is 11.5. The quantitative estimate of drug-likeness (QED) is 0.0567. The minimum atomic E-state index is -4.87. The van der Waals surface area contributed by atoms with Crippen molar-refractivity contribution in [2.75, 3.05) is 50.7 Å². The number of fused-ring (bicyclic) bond motifs is 2. The van der Waals surface area contributed by atoms with Gasteiger partial charge in [-0.3, -0.25) is 9.59 Å². The second-order valence-electron chi connectivity index (χ2n) is 15.9. The Kier molecular flexibility index (Phi) is 15.4. The zero-order chi connectivity index (χ0) is 46.5. The minimum Gasteiger partial charge on any atom is -0.748 e. The van der Waals surface area contributed by atoms with Crippen LogP contribution in [0.15, 0.2) is 81.8 Å². The van der Waals surface area contributed by atoms with Crippen LogP contribution >= 0.6 is 0 Å². The first-order valence-electron chi connectivity index (χ1n) is 20.2. The van der Waals surface area contributed by atoms with Gasteiger partial charge in [0.15, 0.2) is 5.71 Å². The molecule has 2 aromatic rings. The van der Waals surface area contributed by atoms with Gasteiger partial charge < -0.3 is 32.9 Å². The maximum Gasteiger partial charge on any atom is 0.333 e. The normalized spacial score (nSPS) is 21.3. The summed E-state index contributed by atoms with van der Waals surface area (Å²) >= 11 is 0. The van der Waals surface area contributed by atoms with Gasteiger partial charge in [-0.2, -0.15) is 4.58 Å². The molecule has 3 aliphatic rings. The Labute approximate surface area is 368 Å². The van der Waals surface area contributed by atoms with E-state index in [-0.39, 0.29) is 58.3 Å². The molecular formula is C42H51N3O15S3-2. The van der Waals surface area contributed by atoms with Crippen LogP contribution in [0.2, 0.25) is 0 Å². The molecule has 2 aromatic carbocycles. The number of amides is 2. The third kappa shape index (κ3) is 11.4. The fourth-order valence-corrected chi connectivity index (χ4v) is 9.76. The van der Waals surface area contributed by atoms with Gasteiger partial charge in [-0.25, -0.2) is 30.0 Å². The highest BCUT2D eigenvalue weighted by Crippen LogP contribution is 2.51. The maximum atomic E-state index is 12.8. The molecule has 2 amide bonds. The van der Waals surface area contributed by atoms with Gasteiger partial charge in [-0.1, -0.05) is 17.7 Å². The highest BCUT2D eigenvalue weighted by molar-refractivity contribution is 7.86. The molecule has 0 aliphatic carbocycles. The molecule has 18 nitrogen and oxygen atoms in total. The average molecular weight is 934 g/mol. The Bertz CT molecular complexity index is 2590. The number of likely N-dealkylation sites (N-methyl/N-ethyl adjacent to an activating group) is 1. The Hall–Kier alpha value is -4.61. The number of allylic oxidation sites excluding steroid dienone is 6. The summed E-state index contributed by atoms with van der Waals surface area (Å²) in [7, 11) is -12.7. The van der Waals surface area contributed by atoms with Crippen LogP contribution in [0, 0.1) is 0 Å². The fourth-order valence-electron chi connectivity index (χ4n) is 8.27. The number of carbonyl (C=O) groups is 3. The Morgan fingerprint density at radius 1 is 0.857 bits per heavy atom. The third-order valence-corrected chi connectivity index (χ3v) is 14.0. The summed E-state index contributed by atoms with van der Waals surface area (Å²) in [4.78, 5) is 43.0. The van der Waals surface area contributed by atoms with Crippen molar-refractivity contribution in [2.24, 2.45) is 0 Å². The zero-order valence-corrected chi connectivity index (χ0v) is 38.1. The maximum absolute atomic E-state index is 12.8. The number of hydroxylamine groups is 2. The van der Waals surface area contributed by atoms with E-state index in [4.69, 9.17) is 14.3 Å². The zero-order valence-electron chi connectivity index (χ0n) is 35.7. The van der Waals surface area contributed by atoms with Crippen molar-refractivity contribution >= 4 is 65.2 Å². The van der Waals surface area contributed by atoms with E-state index in [0.29, 0.717) is 64.1 Å². The van der Waals surface area contributed by atoms with Crippen molar-refractivity contribution in [3.8, 4) is 0 Å². The molecule has 3 heterocycles. The smallest absolute Gasteiger partial charge is 0.333 e. The van der Waals surface area contributed by atoms with Crippen molar-refractivity contribution in [3.05, 3.63) is 83.1 Å². The van der Waals surface area contributed by atoms with Crippen molar-refractivity contribution in [1.29, 1.82) is 0 Å². The van der Waals surface area contributed by atoms with Gasteiger partial charge in [0, 0.05) is 79.8 Å². The molecule has 63 heavy (non-hydrogen) atoms. The fraction of sp³-hybridized carbons (Fsp3) is 0.476. The lowest BCUT2D eigenvalue weighted by Crippen LogP contribution is -2.33. The Morgan fingerprint density at radius 3 is 2.10 bits per heavy atom. The first-order chi connectivity index (χ1) is 29.4. The van der Waals surface area contributed by atoms with Gasteiger partial charge in [0.25, 0.3) is 11.8 Å². The summed E-state index contributed by atoms with van der Waals surface area (Å²) in [5.41, 5.74) is 2.22. The lowest BCUT2D eigenvalue weighted by atomic mass is 9.76. The van der Waals surface area contributed by atoms with Crippen LogP contribution in [0.25, 0.3) is 0 Å². The van der Waals surface area contributed by atoms with Crippen LogP contribution in [0.3, 0.4) is 0 Å². The number of carbonyl (C=O) groups excluding carboxylic acids is 3. The van der Waals surface area contributed by atoms with Crippen LogP contribution in [0.5, 0.6) is 0 Å². The predicted octanol–water partition coefficient (Wildman–Crippen LogP) is 3.80. The first kappa shape index (κ1) is 49.4. The molecule has 2 atom stereocenters. The van der Waals surface area contributed by atoms with Crippen molar-refractivity contribution < 1.29 is 72.2 Å². The van der Waals surface area contributed by atoms with Crippen LogP contribution in [0.1, 0.15) is 83.8 Å². The molecule has 3 aliphatic heterocycles. The number of nitrogens with zero attached hydrogens (tertiary/aromatic N) is 3. The summed E-state index contributed by atoms with van der Waals surface area (Å²) in [6.45, 7) is 8.77. The number of rotatable bonds is 21. The summed E-state index contributed by atoms with van der Waals surface area (Å²) in [5, 5.41) is 0.474. The van der Waals surface area contributed by atoms with Gasteiger partial charge in [-0.05, 0) is 88.9 Å². The summed E-state index contributed by atoms with van der Waals surface area (Å²) < 4.78 is 121. The highest BCUT2D eigenvalue weighted by atomic mass is 32.2. The summed E-state index contributed by atoms with van der Waals surface area (Å²) in [5.74, 6) is -2.68. The molecule has 0 aromatic heterocycles.